The highest BCUT2D eigenvalue weighted by atomic mass is 32.2. The monoisotopic (exact) mass is 431 g/mol. The average molecular weight is 431 g/mol. The smallest absolute Gasteiger partial charge is 0.245 e. The van der Waals surface area contributed by atoms with E-state index >= 15 is 0 Å². The number of nitrogens with zero attached hydrogens (tertiary/aromatic N) is 2. The molecule has 2 atom stereocenters. The standard InChI is InChI=1S/C21H22FN3O4S/c1-14(26)23-17-6-8-18(9-7-17)30(28,29)25-13-16(22)12-20(25)21(27)24-11-10-15-4-2-3-5-19(15)24/h2-9,16,20H,10-13H2,1H3,(H,23,26)/t16-,20-/m0/s1. The molecule has 0 spiro atoms. The zero-order valence-corrected chi connectivity index (χ0v) is 17.2. The van der Waals surface area contributed by atoms with Crippen molar-refractivity contribution in [3.05, 3.63) is 54.1 Å². The largest absolute Gasteiger partial charge is 0.326 e. The molecule has 158 valence electrons. The van der Waals surface area contributed by atoms with Gasteiger partial charge in [0.05, 0.1) is 4.90 Å². The lowest BCUT2D eigenvalue weighted by molar-refractivity contribution is -0.121. The minimum absolute atomic E-state index is 0.0506. The maximum Gasteiger partial charge on any atom is 0.245 e. The second kappa shape index (κ2) is 7.81. The van der Waals surface area contributed by atoms with Crippen LogP contribution in [0.25, 0.3) is 0 Å². The highest BCUT2D eigenvalue weighted by Gasteiger charge is 2.46. The van der Waals surface area contributed by atoms with Gasteiger partial charge in [0.25, 0.3) is 0 Å². The van der Waals surface area contributed by atoms with Gasteiger partial charge in [-0.3, -0.25) is 9.59 Å². The van der Waals surface area contributed by atoms with E-state index in [1.54, 1.807) is 4.90 Å². The molecule has 1 N–H and O–H groups in total. The van der Waals surface area contributed by atoms with Crippen molar-refractivity contribution in [2.24, 2.45) is 0 Å². The molecule has 2 heterocycles. The van der Waals surface area contributed by atoms with E-state index in [4.69, 9.17) is 0 Å². The summed E-state index contributed by atoms with van der Waals surface area (Å²) in [4.78, 5) is 25.9. The van der Waals surface area contributed by atoms with Crippen molar-refractivity contribution in [3.8, 4) is 0 Å². The highest BCUT2D eigenvalue weighted by Crippen LogP contribution is 2.33. The Morgan fingerprint density at radius 2 is 1.80 bits per heavy atom. The predicted molar refractivity (Wildman–Crippen MR) is 110 cm³/mol. The van der Waals surface area contributed by atoms with E-state index in [0.717, 1.165) is 15.6 Å². The van der Waals surface area contributed by atoms with E-state index in [-0.39, 0.29) is 23.8 Å². The van der Waals surface area contributed by atoms with Crippen molar-refractivity contribution in [2.45, 2.75) is 36.9 Å². The van der Waals surface area contributed by atoms with E-state index in [1.807, 2.05) is 24.3 Å². The van der Waals surface area contributed by atoms with Crippen LogP contribution < -0.4 is 10.2 Å². The van der Waals surface area contributed by atoms with Crippen LogP contribution in [-0.4, -0.2) is 49.8 Å². The number of carbonyl (C=O) groups is 2. The van der Waals surface area contributed by atoms with Crippen LogP contribution >= 0.6 is 0 Å². The second-order valence-corrected chi connectivity index (χ2v) is 9.39. The first-order valence-corrected chi connectivity index (χ1v) is 11.1. The Labute approximate surface area is 174 Å². The Morgan fingerprint density at radius 3 is 2.50 bits per heavy atom. The molecule has 0 unspecified atom stereocenters. The fraction of sp³-hybridized carbons (Fsp3) is 0.333. The molecule has 0 aliphatic carbocycles. The number of fused-ring (bicyclic) bond motifs is 1. The summed E-state index contributed by atoms with van der Waals surface area (Å²) in [7, 11) is -4.08. The van der Waals surface area contributed by atoms with Gasteiger partial charge in [0.15, 0.2) is 0 Å². The number of benzene rings is 2. The van der Waals surface area contributed by atoms with E-state index in [0.29, 0.717) is 18.7 Å². The molecular formula is C21H22FN3O4S. The Bertz CT molecular complexity index is 1090. The summed E-state index contributed by atoms with van der Waals surface area (Å²) in [5, 5.41) is 2.57. The fourth-order valence-corrected chi connectivity index (χ4v) is 5.66. The molecule has 0 radical (unpaired) electrons. The summed E-state index contributed by atoms with van der Waals surface area (Å²) < 4.78 is 41.6. The van der Waals surface area contributed by atoms with E-state index in [1.165, 1.54) is 31.2 Å². The Morgan fingerprint density at radius 1 is 1.10 bits per heavy atom. The van der Waals surface area contributed by atoms with Crippen LogP contribution in [-0.2, 0) is 26.0 Å². The van der Waals surface area contributed by atoms with Gasteiger partial charge in [-0.05, 0) is 42.3 Å². The number of halogens is 1. The number of anilines is 2. The maximum atomic E-state index is 14.3. The highest BCUT2D eigenvalue weighted by molar-refractivity contribution is 7.89. The molecule has 1 fully saturated rings. The molecule has 2 amide bonds. The van der Waals surface area contributed by atoms with Gasteiger partial charge >= 0.3 is 0 Å². The van der Waals surface area contributed by atoms with E-state index in [9.17, 15) is 22.4 Å². The molecule has 7 nitrogen and oxygen atoms in total. The van der Waals surface area contributed by atoms with Crippen LogP contribution in [0.15, 0.2) is 53.4 Å². The number of carbonyl (C=O) groups excluding carboxylic acids is 2. The molecule has 2 aliphatic heterocycles. The number of hydrogen-bond donors (Lipinski definition) is 1. The van der Waals surface area contributed by atoms with Gasteiger partial charge < -0.3 is 10.2 Å². The first-order chi connectivity index (χ1) is 14.3. The van der Waals surface area contributed by atoms with Gasteiger partial charge in [-0.2, -0.15) is 4.31 Å². The lowest BCUT2D eigenvalue weighted by Crippen LogP contribution is -2.47. The molecule has 4 rings (SSSR count). The van der Waals surface area contributed by atoms with Crippen LogP contribution in [0.5, 0.6) is 0 Å². The molecule has 2 aromatic rings. The van der Waals surface area contributed by atoms with Gasteiger partial charge in [-0.15, -0.1) is 0 Å². The van der Waals surface area contributed by atoms with E-state index < -0.39 is 28.1 Å². The molecule has 30 heavy (non-hydrogen) atoms. The molecule has 9 heteroatoms. The van der Waals surface area contributed by atoms with Crippen molar-refractivity contribution in [1.82, 2.24) is 4.31 Å². The Kier molecular flexibility index (Phi) is 5.33. The molecule has 0 bridgehead atoms. The average Bonchev–Trinajstić information content (AvgIpc) is 3.31. The number of hydrogen-bond acceptors (Lipinski definition) is 4. The topological polar surface area (TPSA) is 86.8 Å². The second-order valence-electron chi connectivity index (χ2n) is 7.50. The van der Waals surface area contributed by atoms with Crippen LogP contribution in [0.4, 0.5) is 15.8 Å². The normalized spacial score (nSPS) is 21.5. The SMILES string of the molecule is CC(=O)Nc1ccc(S(=O)(=O)N2C[C@@H](F)C[C@H]2C(=O)N2CCc3ccccc32)cc1. The lowest BCUT2D eigenvalue weighted by Gasteiger charge is -2.27. The molecule has 1 saturated heterocycles. The van der Waals surface area contributed by atoms with Gasteiger partial charge in [-0.25, -0.2) is 12.8 Å². The van der Waals surface area contributed by atoms with Crippen LogP contribution in [0.1, 0.15) is 18.9 Å². The number of rotatable bonds is 4. The maximum absolute atomic E-state index is 14.3. The third kappa shape index (κ3) is 3.70. The zero-order valence-electron chi connectivity index (χ0n) is 16.4. The first kappa shape index (κ1) is 20.5. The number of nitrogens with one attached hydrogen (secondary N) is 1. The number of alkyl halides is 1. The predicted octanol–water partition coefficient (Wildman–Crippen LogP) is 2.34. The number of para-hydroxylation sites is 1. The quantitative estimate of drug-likeness (QED) is 0.805. The number of sulfonamides is 1. The minimum Gasteiger partial charge on any atom is -0.326 e. The van der Waals surface area contributed by atoms with Crippen LogP contribution in [0.2, 0.25) is 0 Å². The first-order valence-electron chi connectivity index (χ1n) is 9.70. The van der Waals surface area contributed by atoms with Crippen molar-refractivity contribution >= 4 is 33.2 Å². The molecule has 2 aromatic carbocycles. The van der Waals surface area contributed by atoms with Gasteiger partial charge in [0.2, 0.25) is 21.8 Å². The Balaban J connectivity index is 1.61. The minimum atomic E-state index is -4.08. The zero-order chi connectivity index (χ0) is 21.5. The summed E-state index contributed by atoms with van der Waals surface area (Å²) in [6.07, 6.45) is -0.892. The fourth-order valence-electron chi connectivity index (χ4n) is 4.04. The summed E-state index contributed by atoms with van der Waals surface area (Å²) in [6, 6.07) is 12.0. The van der Waals surface area contributed by atoms with Crippen molar-refractivity contribution < 1.29 is 22.4 Å². The number of amides is 2. The summed E-state index contributed by atoms with van der Waals surface area (Å²) >= 11 is 0. The van der Waals surface area contributed by atoms with Gasteiger partial charge in [-0.1, -0.05) is 18.2 Å². The van der Waals surface area contributed by atoms with Crippen molar-refractivity contribution in [1.29, 1.82) is 0 Å². The lowest BCUT2D eigenvalue weighted by atomic mass is 10.1. The molecule has 2 aliphatic rings. The van der Waals surface area contributed by atoms with Crippen molar-refractivity contribution in [2.75, 3.05) is 23.3 Å². The molecule has 0 saturated carbocycles. The van der Waals surface area contributed by atoms with Crippen LogP contribution in [0.3, 0.4) is 0 Å². The van der Waals surface area contributed by atoms with Crippen LogP contribution in [0, 0.1) is 0 Å². The van der Waals surface area contributed by atoms with Gasteiger partial charge in [0, 0.05) is 37.8 Å². The Hall–Kier alpha value is -2.78. The third-order valence-corrected chi connectivity index (χ3v) is 7.31. The summed E-state index contributed by atoms with van der Waals surface area (Å²) in [6.45, 7) is 1.44. The molecular weight excluding hydrogens is 409 g/mol. The van der Waals surface area contributed by atoms with E-state index in [2.05, 4.69) is 5.32 Å². The van der Waals surface area contributed by atoms with Gasteiger partial charge in [0.1, 0.15) is 12.2 Å². The summed E-state index contributed by atoms with van der Waals surface area (Å²) in [5.74, 6) is -0.680. The summed E-state index contributed by atoms with van der Waals surface area (Å²) in [5.41, 5.74) is 2.22. The molecule has 0 aromatic heterocycles. The van der Waals surface area contributed by atoms with Crippen molar-refractivity contribution in [3.63, 3.8) is 0 Å². The third-order valence-electron chi connectivity index (χ3n) is 5.42.